The zero-order valence-electron chi connectivity index (χ0n) is 12.1. The summed E-state index contributed by atoms with van der Waals surface area (Å²) in [4.78, 5) is 12.1. The third-order valence-electron chi connectivity index (χ3n) is 3.27. The van der Waals surface area contributed by atoms with E-state index in [9.17, 15) is 13.6 Å². The van der Waals surface area contributed by atoms with E-state index in [0.29, 0.717) is 17.0 Å². The highest BCUT2D eigenvalue weighted by Crippen LogP contribution is 2.27. The molecule has 0 saturated carbocycles. The molecule has 24 heavy (non-hydrogen) atoms. The molecule has 0 unspecified atom stereocenters. The molecule has 1 aromatic heterocycles. The van der Waals surface area contributed by atoms with Crippen molar-refractivity contribution < 1.29 is 18.0 Å². The average Bonchev–Trinajstić information content (AvgIpc) is 3.03. The SMILES string of the molecule is Nc1ccc(F)c(NC(=O)c2ccc(-c3ccc(F)c(Cl)c3)o2)c1. The van der Waals surface area contributed by atoms with E-state index in [1.54, 1.807) is 0 Å². The van der Waals surface area contributed by atoms with Crippen LogP contribution in [-0.4, -0.2) is 5.91 Å². The zero-order chi connectivity index (χ0) is 17.3. The Balaban J connectivity index is 1.83. The molecule has 0 radical (unpaired) electrons. The summed E-state index contributed by atoms with van der Waals surface area (Å²) < 4.78 is 32.3. The number of carbonyl (C=O) groups excluding carboxylic acids is 1. The molecule has 1 heterocycles. The highest BCUT2D eigenvalue weighted by Gasteiger charge is 2.15. The van der Waals surface area contributed by atoms with E-state index < -0.39 is 17.5 Å². The van der Waals surface area contributed by atoms with Gasteiger partial charge in [0.05, 0.1) is 10.7 Å². The van der Waals surface area contributed by atoms with Crippen molar-refractivity contribution in [2.45, 2.75) is 0 Å². The summed E-state index contributed by atoms with van der Waals surface area (Å²) in [6.07, 6.45) is 0. The zero-order valence-corrected chi connectivity index (χ0v) is 12.9. The summed E-state index contributed by atoms with van der Waals surface area (Å²) in [5.41, 5.74) is 6.33. The number of nitrogens with two attached hydrogens (primary N) is 1. The lowest BCUT2D eigenvalue weighted by Crippen LogP contribution is -2.12. The van der Waals surface area contributed by atoms with Crippen molar-refractivity contribution in [2.75, 3.05) is 11.1 Å². The van der Waals surface area contributed by atoms with Gasteiger partial charge in [0.1, 0.15) is 17.4 Å². The molecule has 4 nitrogen and oxygen atoms in total. The molecule has 0 spiro atoms. The van der Waals surface area contributed by atoms with Crippen LogP contribution in [0.25, 0.3) is 11.3 Å². The van der Waals surface area contributed by atoms with Crippen molar-refractivity contribution in [1.82, 2.24) is 0 Å². The third-order valence-corrected chi connectivity index (χ3v) is 3.56. The van der Waals surface area contributed by atoms with Crippen LogP contribution in [0.2, 0.25) is 5.02 Å². The first-order valence-corrected chi connectivity index (χ1v) is 7.23. The molecule has 0 aliphatic heterocycles. The second-order valence-corrected chi connectivity index (χ2v) is 5.39. The molecule has 3 aromatic rings. The summed E-state index contributed by atoms with van der Waals surface area (Å²) in [6, 6.07) is 10.8. The van der Waals surface area contributed by atoms with E-state index in [1.807, 2.05) is 0 Å². The Kier molecular flexibility index (Phi) is 4.22. The minimum Gasteiger partial charge on any atom is -0.451 e. The number of rotatable bonds is 3. The van der Waals surface area contributed by atoms with Gasteiger partial charge in [-0.15, -0.1) is 0 Å². The number of benzene rings is 2. The number of nitrogens with one attached hydrogen (secondary N) is 1. The Bertz CT molecular complexity index is 925. The van der Waals surface area contributed by atoms with Gasteiger partial charge < -0.3 is 15.5 Å². The van der Waals surface area contributed by atoms with Gasteiger partial charge in [-0.2, -0.15) is 0 Å². The molecule has 7 heteroatoms. The fourth-order valence-corrected chi connectivity index (χ4v) is 2.27. The van der Waals surface area contributed by atoms with Crippen molar-refractivity contribution in [2.24, 2.45) is 0 Å². The van der Waals surface area contributed by atoms with Crippen LogP contribution < -0.4 is 11.1 Å². The molecular weight excluding hydrogens is 338 g/mol. The lowest BCUT2D eigenvalue weighted by molar-refractivity contribution is 0.0997. The number of hydrogen-bond acceptors (Lipinski definition) is 3. The topological polar surface area (TPSA) is 68.3 Å². The molecule has 0 fully saturated rings. The summed E-state index contributed by atoms with van der Waals surface area (Å²) in [7, 11) is 0. The van der Waals surface area contributed by atoms with Crippen LogP contribution in [0.4, 0.5) is 20.2 Å². The maximum Gasteiger partial charge on any atom is 0.291 e. The van der Waals surface area contributed by atoms with Crippen molar-refractivity contribution in [1.29, 1.82) is 0 Å². The molecule has 0 aliphatic carbocycles. The quantitative estimate of drug-likeness (QED) is 0.673. The van der Waals surface area contributed by atoms with Crippen LogP contribution in [0.3, 0.4) is 0 Å². The number of amides is 1. The van der Waals surface area contributed by atoms with Crippen molar-refractivity contribution >= 4 is 28.9 Å². The summed E-state index contributed by atoms with van der Waals surface area (Å²) in [5, 5.41) is 2.32. The first kappa shape index (κ1) is 16.0. The molecule has 2 aromatic carbocycles. The fraction of sp³-hybridized carbons (Fsp3) is 0. The number of halogens is 3. The number of furan rings is 1. The number of nitrogen functional groups attached to an aromatic ring is 1. The number of carbonyl (C=O) groups is 1. The molecule has 0 bridgehead atoms. The Hall–Kier alpha value is -2.86. The van der Waals surface area contributed by atoms with E-state index >= 15 is 0 Å². The Morgan fingerprint density at radius 3 is 2.54 bits per heavy atom. The normalized spacial score (nSPS) is 10.6. The van der Waals surface area contributed by atoms with Gasteiger partial charge in [-0.3, -0.25) is 4.79 Å². The van der Waals surface area contributed by atoms with Gasteiger partial charge in [0.2, 0.25) is 0 Å². The van der Waals surface area contributed by atoms with Crippen LogP contribution >= 0.6 is 11.6 Å². The molecular formula is C17H11ClF2N2O2. The van der Waals surface area contributed by atoms with Gasteiger partial charge in [0, 0.05) is 11.3 Å². The molecule has 0 saturated heterocycles. The molecule has 1 amide bonds. The lowest BCUT2D eigenvalue weighted by Gasteiger charge is -2.05. The van der Waals surface area contributed by atoms with Crippen LogP contribution in [-0.2, 0) is 0 Å². The maximum absolute atomic E-state index is 13.6. The number of hydrogen-bond donors (Lipinski definition) is 2. The van der Waals surface area contributed by atoms with Crippen molar-refractivity contribution in [3.8, 4) is 11.3 Å². The minimum atomic E-state index is -0.640. The minimum absolute atomic E-state index is 0.0349. The van der Waals surface area contributed by atoms with Gasteiger partial charge in [0.15, 0.2) is 5.76 Å². The highest BCUT2D eigenvalue weighted by atomic mass is 35.5. The third kappa shape index (κ3) is 3.23. The van der Waals surface area contributed by atoms with E-state index in [1.165, 1.54) is 42.5 Å². The average molecular weight is 349 g/mol. The van der Waals surface area contributed by atoms with Crippen molar-refractivity contribution in [3.05, 3.63) is 70.9 Å². The van der Waals surface area contributed by atoms with Crippen LogP contribution in [0, 0.1) is 11.6 Å². The Labute approximate surface area is 140 Å². The van der Waals surface area contributed by atoms with Gasteiger partial charge in [-0.25, -0.2) is 8.78 Å². The van der Waals surface area contributed by atoms with Gasteiger partial charge in [-0.05, 0) is 48.5 Å². The summed E-state index contributed by atoms with van der Waals surface area (Å²) in [6.45, 7) is 0. The molecule has 0 aliphatic rings. The van der Waals surface area contributed by atoms with Gasteiger partial charge in [-0.1, -0.05) is 11.6 Å². The van der Waals surface area contributed by atoms with Crippen LogP contribution in [0.1, 0.15) is 10.6 Å². The monoisotopic (exact) mass is 348 g/mol. The van der Waals surface area contributed by atoms with Gasteiger partial charge >= 0.3 is 0 Å². The standard InChI is InChI=1S/C17H11ClF2N2O2/c18-11-7-9(1-3-12(11)19)15-5-6-16(24-15)17(23)22-14-8-10(21)2-4-13(14)20/h1-8H,21H2,(H,22,23). The van der Waals surface area contributed by atoms with E-state index in [0.717, 1.165) is 6.07 Å². The first-order valence-electron chi connectivity index (χ1n) is 6.85. The molecule has 0 atom stereocenters. The van der Waals surface area contributed by atoms with E-state index in [-0.39, 0.29) is 16.5 Å². The second kappa shape index (κ2) is 6.33. The lowest BCUT2D eigenvalue weighted by atomic mass is 10.2. The number of anilines is 2. The second-order valence-electron chi connectivity index (χ2n) is 4.99. The highest BCUT2D eigenvalue weighted by molar-refractivity contribution is 6.31. The van der Waals surface area contributed by atoms with Crippen LogP contribution in [0.15, 0.2) is 52.9 Å². The predicted molar refractivity (Wildman–Crippen MR) is 87.9 cm³/mol. The Morgan fingerprint density at radius 2 is 1.79 bits per heavy atom. The van der Waals surface area contributed by atoms with Gasteiger partial charge in [0.25, 0.3) is 5.91 Å². The summed E-state index contributed by atoms with van der Waals surface area (Å²) >= 11 is 5.72. The molecule has 122 valence electrons. The summed E-state index contributed by atoms with van der Waals surface area (Å²) in [5.74, 6) is -1.52. The van der Waals surface area contributed by atoms with Crippen molar-refractivity contribution in [3.63, 3.8) is 0 Å². The predicted octanol–water partition coefficient (Wildman–Crippen LogP) is 4.71. The van der Waals surface area contributed by atoms with E-state index in [2.05, 4.69) is 5.32 Å². The molecule has 3 N–H and O–H groups in total. The maximum atomic E-state index is 13.6. The van der Waals surface area contributed by atoms with Crippen LogP contribution in [0.5, 0.6) is 0 Å². The fourth-order valence-electron chi connectivity index (χ4n) is 2.09. The smallest absolute Gasteiger partial charge is 0.291 e. The first-order chi connectivity index (χ1) is 11.4. The van der Waals surface area contributed by atoms with E-state index in [4.69, 9.17) is 21.8 Å². The molecule has 3 rings (SSSR count). The largest absolute Gasteiger partial charge is 0.451 e. The Morgan fingerprint density at radius 1 is 1.04 bits per heavy atom.